The molecular weight excluding hydrogens is 355 g/mol. The molecule has 0 bridgehead atoms. The van der Waals surface area contributed by atoms with Crippen LogP contribution in [0.2, 0.25) is 0 Å². The maximum atomic E-state index is 13.3. The minimum absolute atomic E-state index is 0.101. The Morgan fingerprint density at radius 2 is 2.00 bits per heavy atom. The number of guanidine groups is 1. The van der Waals surface area contributed by atoms with E-state index in [-0.39, 0.29) is 11.9 Å². The summed E-state index contributed by atoms with van der Waals surface area (Å²) < 4.78 is 19.2. The van der Waals surface area contributed by atoms with Gasteiger partial charge in [-0.2, -0.15) is 0 Å². The van der Waals surface area contributed by atoms with Crippen molar-refractivity contribution in [3.05, 3.63) is 72.3 Å². The maximum absolute atomic E-state index is 13.3. The number of halogens is 1. The van der Waals surface area contributed by atoms with E-state index in [1.807, 2.05) is 31.3 Å². The number of nitrogens with one attached hydrogen (secondary N) is 2. The lowest BCUT2D eigenvalue weighted by Gasteiger charge is -2.20. The predicted octanol–water partition coefficient (Wildman–Crippen LogP) is 3.90. The van der Waals surface area contributed by atoms with Gasteiger partial charge in [0.2, 0.25) is 0 Å². The number of pyridine rings is 1. The average Bonchev–Trinajstić information content (AvgIpc) is 2.73. The first-order valence-electron chi connectivity index (χ1n) is 9.39. The second kappa shape index (κ2) is 9.69. The molecule has 3 rings (SSSR count). The summed E-state index contributed by atoms with van der Waals surface area (Å²) >= 11 is 0. The van der Waals surface area contributed by atoms with Crippen molar-refractivity contribution in [2.45, 2.75) is 26.0 Å². The number of rotatable bonds is 7. The Hall–Kier alpha value is -3.15. The van der Waals surface area contributed by atoms with Gasteiger partial charge in [0.25, 0.3) is 0 Å². The first-order chi connectivity index (χ1) is 13.7. The Kier molecular flexibility index (Phi) is 6.78. The lowest BCUT2D eigenvalue weighted by Crippen LogP contribution is -2.42. The summed E-state index contributed by atoms with van der Waals surface area (Å²) in [4.78, 5) is 8.74. The van der Waals surface area contributed by atoms with Crippen molar-refractivity contribution >= 4 is 16.7 Å². The molecular formula is C22H25FN4O. The molecule has 0 aliphatic rings. The fourth-order valence-corrected chi connectivity index (χ4v) is 2.92. The number of nitrogens with zero attached hydrogens (tertiary/aromatic N) is 2. The third kappa shape index (κ3) is 5.19. The molecule has 0 saturated carbocycles. The van der Waals surface area contributed by atoms with Crippen LogP contribution in [0.25, 0.3) is 10.8 Å². The van der Waals surface area contributed by atoms with Crippen molar-refractivity contribution in [2.24, 2.45) is 4.99 Å². The second-order valence-corrected chi connectivity index (χ2v) is 6.39. The normalized spacial score (nSPS) is 12.6. The zero-order chi connectivity index (χ0) is 19.8. The number of fused-ring (bicyclic) bond motifs is 1. The Balaban J connectivity index is 1.56. The predicted molar refractivity (Wildman–Crippen MR) is 111 cm³/mol. The van der Waals surface area contributed by atoms with Crippen LogP contribution in [0.1, 0.15) is 19.0 Å². The summed E-state index contributed by atoms with van der Waals surface area (Å²) in [6.45, 7) is 3.14. The molecule has 0 saturated heterocycles. The van der Waals surface area contributed by atoms with Crippen molar-refractivity contribution in [2.75, 3.05) is 13.6 Å². The summed E-state index contributed by atoms with van der Waals surface area (Å²) in [5.74, 6) is 0.882. The monoisotopic (exact) mass is 380 g/mol. The first-order valence-corrected chi connectivity index (χ1v) is 9.39. The molecule has 28 heavy (non-hydrogen) atoms. The third-order valence-electron chi connectivity index (χ3n) is 4.45. The lowest BCUT2D eigenvalue weighted by molar-refractivity contribution is 0.198. The van der Waals surface area contributed by atoms with Gasteiger partial charge in [-0.1, -0.05) is 37.3 Å². The fourth-order valence-electron chi connectivity index (χ4n) is 2.92. The van der Waals surface area contributed by atoms with E-state index >= 15 is 0 Å². The van der Waals surface area contributed by atoms with Gasteiger partial charge in [-0.05, 0) is 30.0 Å². The van der Waals surface area contributed by atoms with Crippen LogP contribution in [0.4, 0.5) is 4.39 Å². The van der Waals surface area contributed by atoms with Crippen molar-refractivity contribution < 1.29 is 9.13 Å². The van der Waals surface area contributed by atoms with Gasteiger partial charge >= 0.3 is 0 Å². The average molecular weight is 380 g/mol. The van der Waals surface area contributed by atoms with Crippen molar-refractivity contribution in [1.82, 2.24) is 15.6 Å². The summed E-state index contributed by atoms with van der Waals surface area (Å²) in [6.07, 6.45) is 2.50. The highest BCUT2D eigenvalue weighted by atomic mass is 19.1. The summed E-state index contributed by atoms with van der Waals surface area (Å²) in [6, 6.07) is 16.4. The summed E-state index contributed by atoms with van der Waals surface area (Å²) in [7, 11) is 1.72. The van der Waals surface area contributed by atoms with Gasteiger partial charge in [-0.3, -0.25) is 9.98 Å². The van der Waals surface area contributed by atoms with Gasteiger partial charge in [-0.25, -0.2) is 4.39 Å². The number of hydrogen-bond acceptors (Lipinski definition) is 3. The van der Waals surface area contributed by atoms with E-state index in [0.717, 1.165) is 22.9 Å². The quantitative estimate of drug-likeness (QED) is 0.482. The van der Waals surface area contributed by atoms with Crippen LogP contribution in [0.5, 0.6) is 5.75 Å². The van der Waals surface area contributed by atoms with E-state index in [1.54, 1.807) is 19.2 Å². The first kappa shape index (κ1) is 19.6. The minimum Gasteiger partial charge on any atom is -0.489 e. The van der Waals surface area contributed by atoms with E-state index in [4.69, 9.17) is 4.74 Å². The zero-order valence-electron chi connectivity index (χ0n) is 16.2. The standard InChI is InChI=1S/C22H25FN4O/c1-3-18(28-19-9-6-8-17(23)13-19)14-26-22(24-2)27-15-21-20-10-5-4-7-16(20)11-12-25-21/h4-13,18H,3,14-15H2,1-2H3,(H2,24,26,27). The molecule has 0 aliphatic heterocycles. The smallest absolute Gasteiger partial charge is 0.191 e. The molecule has 0 aliphatic carbocycles. The van der Waals surface area contributed by atoms with Crippen LogP contribution in [-0.2, 0) is 6.54 Å². The third-order valence-corrected chi connectivity index (χ3v) is 4.45. The van der Waals surface area contributed by atoms with Gasteiger partial charge in [0.1, 0.15) is 17.7 Å². The highest BCUT2D eigenvalue weighted by Crippen LogP contribution is 2.16. The van der Waals surface area contributed by atoms with Crippen molar-refractivity contribution in [3.8, 4) is 5.75 Å². The van der Waals surface area contributed by atoms with Crippen molar-refractivity contribution in [3.63, 3.8) is 0 Å². The Labute approximate surface area is 164 Å². The second-order valence-electron chi connectivity index (χ2n) is 6.39. The van der Waals surface area contributed by atoms with Crippen LogP contribution in [-0.4, -0.2) is 30.6 Å². The maximum Gasteiger partial charge on any atom is 0.191 e. The Morgan fingerprint density at radius 3 is 2.79 bits per heavy atom. The molecule has 1 aromatic heterocycles. The number of ether oxygens (including phenoxy) is 1. The van der Waals surface area contributed by atoms with Gasteiger partial charge in [0.15, 0.2) is 5.96 Å². The molecule has 3 aromatic rings. The molecule has 5 nitrogen and oxygen atoms in total. The molecule has 0 spiro atoms. The van der Waals surface area contributed by atoms with Crippen molar-refractivity contribution in [1.29, 1.82) is 0 Å². The zero-order valence-corrected chi connectivity index (χ0v) is 16.2. The molecule has 1 unspecified atom stereocenters. The topological polar surface area (TPSA) is 58.5 Å². The van der Waals surface area contributed by atoms with Crippen LogP contribution >= 0.6 is 0 Å². The molecule has 0 fully saturated rings. The lowest BCUT2D eigenvalue weighted by atomic mass is 10.1. The summed E-state index contributed by atoms with van der Waals surface area (Å²) in [5.41, 5.74) is 0.962. The van der Waals surface area contributed by atoms with E-state index in [1.165, 1.54) is 12.1 Å². The SMILES string of the molecule is CCC(CNC(=NC)NCc1nccc2ccccc12)Oc1cccc(F)c1. The minimum atomic E-state index is -0.305. The van der Waals surface area contributed by atoms with E-state index in [0.29, 0.717) is 24.8 Å². The Bertz CT molecular complexity index is 939. The van der Waals surface area contributed by atoms with Gasteiger partial charge in [-0.15, -0.1) is 0 Å². The molecule has 1 heterocycles. The van der Waals surface area contributed by atoms with Crippen LogP contribution in [0.3, 0.4) is 0 Å². The number of aromatic nitrogens is 1. The molecule has 0 radical (unpaired) electrons. The Morgan fingerprint density at radius 1 is 1.14 bits per heavy atom. The molecule has 0 amide bonds. The number of hydrogen-bond donors (Lipinski definition) is 2. The molecule has 2 aromatic carbocycles. The number of aliphatic imine (C=N–C) groups is 1. The van der Waals surface area contributed by atoms with Crippen LogP contribution < -0.4 is 15.4 Å². The van der Waals surface area contributed by atoms with Gasteiger partial charge < -0.3 is 15.4 Å². The summed E-state index contributed by atoms with van der Waals surface area (Å²) in [5, 5.41) is 8.84. The van der Waals surface area contributed by atoms with E-state index in [9.17, 15) is 4.39 Å². The molecule has 2 N–H and O–H groups in total. The molecule has 6 heteroatoms. The largest absolute Gasteiger partial charge is 0.489 e. The molecule has 146 valence electrons. The van der Waals surface area contributed by atoms with Crippen LogP contribution in [0.15, 0.2) is 65.8 Å². The van der Waals surface area contributed by atoms with Crippen LogP contribution in [0, 0.1) is 5.82 Å². The van der Waals surface area contributed by atoms with E-state index in [2.05, 4.69) is 32.7 Å². The highest BCUT2D eigenvalue weighted by Gasteiger charge is 2.10. The fraction of sp³-hybridized carbons (Fsp3) is 0.273. The van der Waals surface area contributed by atoms with Gasteiger partial charge in [0, 0.05) is 24.7 Å². The number of benzene rings is 2. The van der Waals surface area contributed by atoms with E-state index < -0.39 is 0 Å². The highest BCUT2D eigenvalue weighted by molar-refractivity contribution is 5.85. The van der Waals surface area contributed by atoms with Gasteiger partial charge in [0.05, 0.1) is 18.8 Å². The molecule has 1 atom stereocenters.